The van der Waals surface area contributed by atoms with E-state index >= 15 is 0 Å². The van der Waals surface area contributed by atoms with Crippen LogP contribution in [-0.2, 0) is 16.1 Å². The van der Waals surface area contributed by atoms with Crippen LogP contribution in [0.1, 0.15) is 12.0 Å². The maximum atomic E-state index is 11.3. The Bertz CT molecular complexity index is 320. The van der Waals surface area contributed by atoms with Crippen LogP contribution in [-0.4, -0.2) is 30.5 Å². The van der Waals surface area contributed by atoms with Gasteiger partial charge >= 0.3 is 0 Å². The van der Waals surface area contributed by atoms with Gasteiger partial charge in [0.05, 0.1) is 19.6 Å². The molecule has 1 fully saturated rings. The smallest absolute Gasteiger partial charge is 0.225 e. The van der Waals surface area contributed by atoms with Gasteiger partial charge in [0.1, 0.15) is 0 Å². The zero-order chi connectivity index (χ0) is 10.5. The lowest BCUT2D eigenvalue weighted by Crippen LogP contribution is -2.12. The number of ether oxygens (including phenoxy) is 1. The fourth-order valence-corrected chi connectivity index (χ4v) is 1.38. The molecule has 0 radical (unpaired) electrons. The number of amides is 1. The highest BCUT2D eigenvalue weighted by Crippen LogP contribution is 2.06. The Morgan fingerprint density at radius 2 is 2.00 bits per heavy atom. The van der Waals surface area contributed by atoms with Crippen molar-refractivity contribution >= 4 is 5.91 Å². The van der Waals surface area contributed by atoms with Gasteiger partial charge in [-0.1, -0.05) is 30.3 Å². The highest BCUT2D eigenvalue weighted by Gasteiger charge is 2.22. The number of hydrogen-bond acceptors (Lipinski definition) is 2. The molecule has 0 aliphatic carbocycles. The average Bonchev–Trinajstić information content (AvgIpc) is 3.09. The van der Waals surface area contributed by atoms with Crippen LogP contribution in [0, 0.1) is 0 Å². The highest BCUT2D eigenvalue weighted by molar-refractivity contribution is 5.78. The molecule has 3 nitrogen and oxygen atoms in total. The van der Waals surface area contributed by atoms with Crippen LogP contribution >= 0.6 is 0 Å². The van der Waals surface area contributed by atoms with Gasteiger partial charge in [-0.25, -0.2) is 0 Å². The first kappa shape index (κ1) is 10.2. The fraction of sp³-hybridized carbons (Fsp3) is 0.417. The van der Waals surface area contributed by atoms with Gasteiger partial charge in [0.2, 0.25) is 5.91 Å². The summed E-state index contributed by atoms with van der Waals surface area (Å²) in [7, 11) is 0. The Labute approximate surface area is 89.7 Å². The van der Waals surface area contributed by atoms with Gasteiger partial charge in [-0.15, -0.1) is 0 Å². The van der Waals surface area contributed by atoms with Crippen LogP contribution in [0.5, 0.6) is 0 Å². The Balaban J connectivity index is 1.60. The molecule has 0 spiro atoms. The van der Waals surface area contributed by atoms with Crippen molar-refractivity contribution in [3.63, 3.8) is 0 Å². The molecule has 0 aromatic heterocycles. The molecule has 2 rings (SSSR count). The molecule has 0 bridgehead atoms. The highest BCUT2D eigenvalue weighted by atomic mass is 16.5. The number of rotatable bonds is 5. The lowest BCUT2D eigenvalue weighted by atomic mass is 10.2. The third kappa shape index (κ3) is 3.36. The molecular formula is C12H15NO2. The third-order valence-electron chi connectivity index (χ3n) is 2.37. The van der Waals surface area contributed by atoms with Crippen molar-refractivity contribution < 1.29 is 9.53 Å². The summed E-state index contributed by atoms with van der Waals surface area (Å²) in [6.07, 6.45) is 0.507. The van der Waals surface area contributed by atoms with Gasteiger partial charge in [-0.3, -0.25) is 4.79 Å². The molecule has 1 aromatic rings. The van der Waals surface area contributed by atoms with E-state index < -0.39 is 0 Å². The van der Waals surface area contributed by atoms with Gasteiger partial charge in [-0.05, 0) is 5.56 Å². The summed E-state index contributed by atoms with van der Waals surface area (Å²) in [5.74, 6) is 0.211. The fourth-order valence-electron chi connectivity index (χ4n) is 1.38. The molecule has 0 N–H and O–H groups in total. The first-order chi connectivity index (χ1) is 7.36. The van der Waals surface area contributed by atoms with Crippen molar-refractivity contribution in [1.82, 2.24) is 4.90 Å². The van der Waals surface area contributed by atoms with E-state index in [1.165, 1.54) is 0 Å². The van der Waals surface area contributed by atoms with Crippen LogP contribution in [0.2, 0.25) is 0 Å². The minimum absolute atomic E-state index is 0.211. The first-order valence-electron chi connectivity index (χ1n) is 5.26. The number of benzene rings is 1. The molecule has 3 heteroatoms. The number of nitrogens with zero attached hydrogens (tertiary/aromatic N) is 1. The quantitative estimate of drug-likeness (QED) is 0.537. The van der Waals surface area contributed by atoms with Crippen molar-refractivity contribution in [2.75, 3.05) is 19.7 Å². The molecule has 1 aromatic carbocycles. The van der Waals surface area contributed by atoms with E-state index in [4.69, 9.17) is 4.74 Å². The molecular weight excluding hydrogens is 190 g/mol. The number of carbonyl (C=O) groups is 1. The summed E-state index contributed by atoms with van der Waals surface area (Å²) in [4.78, 5) is 13.1. The molecule has 1 aliphatic rings. The Hall–Kier alpha value is -1.35. The molecule has 0 saturated carbocycles. The normalized spacial score (nSPS) is 14.0. The van der Waals surface area contributed by atoms with Gasteiger partial charge in [0.15, 0.2) is 0 Å². The van der Waals surface area contributed by atoms with Crippen molar-refractivity contribution in [3.05, 3.63) is 35.9 Å². The van der Waals surface area contributed by atoms with Gasteiger partial charge in [0.25, 0.3) is 0 Å². The maximum Gasteiger partial charge on any atom is 0.225 e. The SMILES string of the molecule is O=C(CCOCc1ccccc1)N1CC1. The summed E-state index contributed by atoms with van der Waals surface area (Å²) >= 11 is 0. The second kappa shape index (κ2) is 4.94. The van der Waals surface area contributed by atoms with Crippen LogP contribution in [0.25, 0.3) is 0 Å². The van der Waals surface area contributed by atoms with E-state index in [0.717, 1.165) is 18.7 Å². The largest absolute Gasteiger partial charge is 0.376 e. The van der Waals surface area contributed by atoms with E-state index in [-0.39, 0.29) is 5.91 Å². The molecule has 15 heavy (non-hydrogen) atoms. The lowest BCUT2D eigenvalue weighted by Gasteiger charge is -2.04. The van der Waals surface area contributed by atoms with E-state index in [9.17, 15) is 4.79 Å². The minimum atomic E-state index is 0.211. The second-order valence-electron chi connectivity index (χ2n) is 3.67. The van der Waals surface area contributed by atoms with Crippen LogP contribution in [0.4, 0.5) is 0 Å². The van der Waals surface area contributed by atoms with Crippen molar-refractivity contribution in [2.24, 2.45) is 0 Å². The second-order valence-corrected chi connectivity index (χ2v) is 3.67. The van der Waals surface area contributed by atoms with E-state index in [1.54, 1.807) is 0 Å². The minimum Gasteiger partial charge on any atom is -0.376 e. The number of carbonyl (C=O) groups excluding carboxylic acids is 1. The van der Waals surface area contributed by atoms with Crippen molar-refractivity contribution in [1.29, 1.82) is 0 Å². The molecule has 1 saturated heterocycles. The topological polar surface area (TPSA) is 29.3 Å². The Kier molecular flexibility index (Phi) is 3.35. The molecule has 0 atom stereocenters. The van der Waals surface area contributed by atoms with E-state index in [1.807, 2.05) is 35.2 Å². The first-order valence-corrected chi connectivity index (χ1v) is 5.26. The molecule has 1 amide bonds. The zero-order valence-corrected chi connectivity index (χ0v) is 8.69. The molecule has 1 aliphatic heterocycles. The molecule has 1 heterocycles. The van der Waals surface area contributed by atoms with Crippen LogP contribution in [0.3, 0.4) is 0 Å². The summed E-state index contributed by atoms with van der Waals surface area (Å²) in [5, 5.41) is 0. The van der Waals surface area contributed by atoms with Gasteiger partial charge in [0, 0.05) is 13.1 Å². The summed E-state index contributed by atoms with van der Waals surface area (Å²) in [6.45, 7) is 2.97. The standard InChI is InChI=1S/C12H15NO2/c14-12(13-7-8-13)6-9-15-10-11-4-2-1-3-5-11/h1-5H,6-10H2. The summed E-state index contributed by atoms with van der Waals surface area (Å²) < 4.78 is 5.42. The van der Waals surface area contributed by atoms with Gasteiger partial charge in [-0.2, -0.15) is 0 Å². The average molecular weight is 205 g/mol. The van der Waals surface area contributed by atoms with Gasteiger partial charge < -0.3 is 9.64 Å². The number of hydrogen-bond donors (Lipinski definition) is 0. The maximum absolute atomic E-state index is 11.3. The van der Waals surface area contributed by atoms with E-state index in [0.29, 0.717) is 19.6 Å². The Morgan fingerprint density at radius 1 is 1.27 bits per heavy atom. The zero-order valence-electron chi connectivity index (χ0n) is 8.69. The monoisotopic (exact) mass is 205 g/mol. The van der Waals surface area contributed by atoms with Crippen molar-refractivity contribution in [3.8, 4) is 0 Å². The third-order valence-corrected chi connectivity index (χ3v) is 2.37. The molecule has 80 valence electrons. The summed E-state index contributed by atoms with van der Waals surface area (Å²) in [5.41, 5.74) is 1.15. The predicted octanol–water partition coefficient (Wildman–Crippen LogP) is 1.44. The Morgan fingerprint density at radius 3 is 2.67 bits per heavy atom. The van der Waals surface area contributed by atoms with Crippen molar-refractivity contribution in [2.45, 2.75) is 13.0 Å². The van der Waals surface area contributed by atoms with E-state index in [2.05, 4.69) is 0 Å². The lowest BCUT2D eigenvalue weighted by molar-refractivity contribution is -0.126. The summed E-state index contributed by atoms with van der Waals surface area (Å²) in [6, 6.07) is 9.99. The molecule has 0 unspecified atom stereocenters. The van der Waals surface area contributed by atoms with Crippen LogP contribution in [0.15, 0.2) is 30.3 Å². The van der Waals surface area contributed by atoms with Crippen LogP contribution < -0.4 is 0 Å². The predicted molar refractivity (Wildman–Crippen MR) is 57.3 cm³/mol.